The van der Waals surface area contributed by atoms with E-state index in [-0.39, 0.29) is 17.4 Å². The first kappa shape index (κ1) is 18.5. The van der Waals surface area contributed by atoms with Crippen molar-refractivity contribution < 1.29 is 9.53 Å². The molecule has 0 unspecified atom stereocenters. The molecule has 3 aromatic rings. The molecule has 1 heterocycles. The van der Waals surface area contributed by atoms with E-state index in [1.807, 2.05) is 24.3 Å². The van der Waals surface area contributed by atoms with Crippen molar-refractivity contribution in [3.05, 3.63) is 64.9 Å². The minimum Gasteiger partial charge on any atom is -0.497 e. The van der Waals surface area contributed by atoms with E-state index in [4.69, 9.17) is 10.5 Å². The molecule has 0 aliphatic rings. The molecule has 138 valence electrons. The fourth-order valence-corrected chi connectivity index (χ4v) is 2.49. The number of hydrazine groups is 1. The number of nitrogen functional groups attached to an aromatic ring is 1. The van der Waals surface area contributed by atoms with E-state index in [9.17, 15) is 4.79 Å². The second-order valence-electron chi connectivity index (χ2n) is 5.43. The number of aromatic nitrogens is 2. The molecular weight excluding hydrogens is 412 g/mol. The maximum Gasteiger partial charge on any atom is 0.269 e. The monoisotopic (exact) mass is 428 g/mol. The first-order valence-electron chi connectivity index (χ1n) is 7.90. The van der Waals surface area contributed by atoms with Gasteiger partial charge in [0.15, 0.2) is 11.6 Å². The van der Waals surface area contributed by atoms with Gasteiger partial charge in [0.25, 0.3) is 5.91 Å². The van der Waals surface area contributed by atoms with E-state index < -0.39 is 0 Å². The Morgan fingerprint density at radius 1 is 1.11 bits per heavy atom. The summed E-state index contributed by atoms with van der Waals surface area (Å²) in [6.07, 6.45) is 1.34. The zero-order valence-corrected chi connectivity index (χ0v) is 15.9. The van der Waals surface area contributed by atoms with Crippen LogP contribution >= 0.6 is 15.9 Å². The number of nitrogens with one attached hydrogen (secondary N) is 3. The van der Waals surface area contributed by atoms with Gasteiger partial charge in [0.2, 0.25) is 0 Å². The van der Waals surface area contributed by atoms with Crippen molar-refractivity contribution in [2.24, 2.45) is 0 Å². The Morgan fingerprint density at radius 3 is 2.59 bits per heavy atom. The number of nitrogens with zero attached hydrogens (tertiary/aromatic N) is 2. The van der Waals surface area contributed by atoms with Crippen LogP contribution in [0.2, 0.25) is 0 Å². The summed E-state index contributed by atoms with van der Waals surface area (Å²) in [6.45, 7) is 0. The van der Waals surface area contributed by atoms with Crippen LogP contribution in [0.1, 0.15) is 10.4 Å². The molecule has 8 nitrogen and oxygen atoms in total. The number of amides is 1. The van der Waals surface area contributed by atoms with E-state index >= 15 is 0 Å². The predicted molar refractivity (Wildman–Crippen MR) is 108 cm³/mol. The number of ether oxygens (including phenoxy) is 1. The third kappa shape index (κ3) is 4.64. The quantitative estimate of drug-likeness (QED) is 0.445. The maximum atomic E-state index is 12.2. The third-order valence-corrected chi connectivity index (χ3v) is 4.15. The van der Waals surface area contributed by atoms with Crippen LogP contribution in [0, 0.1) is 0 Å². The lowest BCUT2D eigenvalue weighted by atomic mass is 10.2. The molecule has 9 heteroatoms. The molecule has 5 N–H and O–H groups in total. The molecule has 0 bridgehead atoms. The molecule has 1 aromatic heterocycles. The molecule has 0 saturated carbocycles. The van der Waals surface area contributed by atoms with Gasteiger partial charge in [-0.3, -0.25) is 15.6 Å². The highest BCUT2D eigenvalue weighted by Gasteiger charge is 2.11. The fourth-order valence-electron chi connectivity index (χ4n) is 2.22. The molecule has 27 heavy (non-hydrogen) atoms. The van der Waals surface area contributed by atoms with Gasteiger partial charge < -0.3 is 15.8 Å². The van der Waals surface area contributed by atoms with Gasteiger partial charge in [0.05, 0.1) is 7.11 Å². The van der Waals surface area contributed by atoms with Crippen molar-refractivity contribution in [2.75, 3.05) is 23.6 Å². The summed E-state index contributed by atoms with van der Waals surface area (Å²) in [4.78, 5) is 20.4. The number of carbonyl (C=O) groups is 1. The molecule has 1 amide bonds. The minimum absolute atomic E-state index is 0.261. The van der Waals surface area contributed by atoms with E-state index in [2.05, 4.69) is 42.1 Å². The van der Waals surface area contributed by atoms with E-state index in [1.54, 1.807) is 31.4 Å². The van der Waals surface area contributed by atoms with Gasteiger partial charge in [-0.05, 0) is 36.4 Å². The molecule has 0 aliphatic carbocycles. The lowest BCUT2D eigenvalue weighted by Crippen LogP contribution is -2.30. The van der Waals surface area contributed by atoms with Gasteiger partial charge in [-0.2, -0.15) is 0 Å². The molecule has 0 fully saturated rings. The molecule has 0 spiro atoms. The van der Waals surface area contributed by atoms with Crippen molar-refractivity contribution in [1.82, 2.24) is 15.4 Å². The largest absolute Gasteiger partial charge is 0.497 e. The number of nitrogens with two attached hydrogens (primary N) is 1. The zero-order valence-electron chi connectivity index (χ0n) is 14.4. The van der Waals surface area contributed by atoms with E-state index in [0.29, 0.717) is 17.1 Å². The Labute approximate surface area is 164 Å². The lowest BCUT2D eigenvalue weighted by Gasteiger charge is -2.13. The second kappa shape index (κ2) is 8.37. The van der Waals surface area contributed by atoms with Gasteiger partial charge in [0, 0.05) is 21.8 Å². The van der Waals surface area contributed by atoms with Crippen molar-refractivity contribution in [1.29, 1.82) is 0 Å². The summed E-state index contributed by atoms with van der Waals surface area (Å²) in [5, 5.41) is 3.10. The van der Waals surface area contributed by atoms with Crippen molar-refractivity contribution in [3.8, 4) is 5.75 Å². The Hall–Kier alpha value is -3.33. The zero-order chi connectivity index (χ0) is 19.2. The SMILES string of the molecule is COc1cccc(Nc2ncnc(NNC(=O)c3ccc(Br)cc3)c2N)c1. The van der Waals surface area contributed by atoms with Gasteiger partial charge in [0.1, 0.15) is 17.8 Å². The smallest absolute Gasteiger partial charge is 0.269 e. The summed E-state index contributed by atoms with van der Waals surface area (Å²) in [6, 6.07) is 14.3. The first-order chi connectivity index (χ1) is 13.1. The van der Waals surface area contributed by atoms with Crippen molar-refractivity contribution in [3.63, 3.8) is 0 Å². The van der Waals surface area contributed by atoms with Crippen LogP contribution in [0.25, 0.3) is 0 Å². The molecule has 0 aliphatic heterocycles. The average Bonchev–Trinajstić information content (AvgIpc) is 2.69. The van der Waals surface area contributed by atoms with Gasteiger partial charge in [-0.1, -0.05) is 22.0 Å². The molecule has 2 aromatic carbocycles. The number of carbonyl (C=O) groups excluding carboxylic acids is 1. The number of hydrogen-bond acceptors (Lipinski definition) is 7. The number of methoxy groups -OCH3 is 1. The molecule has 0 atom stereocenters. The van der Waals surface area contributed by atoms with Crippen LogP contribution < -0.4 is 26.6 Å². The van der Waals surface area contributed by atoms with Crippen LogP contribution in [0.5, 0.6) is 5.75 Å². The number of benzene rings is 2. The summed E-state index contributed by atoms with van der Waals surface area (Å²) in [5.74, 6) is 1.06. The van der Waals surface area contributed by atoms with Crippen molar-refractivity contribution >= 4 is 44.8 Å². The Balaban J connectivity index is 1.70. The third-order valence-electron chi connectivity index (χ3n) is 3.62. The summed E-state index contributed by atoms with van der Waals surface area (Å²) >= 11 is 3.33. The van der Waals surface area contributed by atoms with Gasteiger partial charge >= 0.3 is 0 Å². The van der Waals surface area contributed by atoms with Gasteiger partial charge in [-0.25, -0.2) is 9.97 Å². The maximum absolute atomic E-state index is 12.2. The molecule has 0 radical (unpaired) electrons. The highest BCUT2D eigenvalue weighted by molar-refractivity contribution is 9.10. The summed E-state index contributed by atoms with van der Waals surface area (Å²) < 4.78 is 6.08. The van der Waals surface area contributed by atoms with Crippen LogP contribution in [0.15, 0.2) is 59.3 Å². The minimum atomic E-state index is -0.317. The van der Waals surface area contributed by atoms with Crippen molar-refractivity contribution in [2.45, 2.75) is 0 Å². The van der Waals surface area contributed by atoms with Crippen LogP contribution in [0.3, 0.4) is 0 Å². The normalized spacial score (nSPS) is 10.1. The van der Waals surface area contributed by atoms with Gasteiger partial charge in [-0.15, -0.1) is 0 Å². The highest BCUT2D eigenvalue weighted by atomic mass is 79.9. The molecule has 3 rings (SSSR count). The second-order valence-corrected chi connectivity index (χ2v) is 6.34. The topological polar surface area (TPSA) is 114 Å². The standard InChI is InChI=1S/C18H17BrN6O2/c1-27-14-4-2-3-13(9-14)23-16-15(20)17(22-10-21-16)24-25-18(26)11-5-7-12(19)8-6-11/h2-10H,20H2,1H3,(H,25,26)(H2,21,22,23,24). The summed E-state index contributed by atoms with van der Waals surface area (Å²) in [7, 11) is 1.59. The summed E-state index contributed by atoms with van der Waals surface area (Å²) in [5.41, 5.74) is 12.9. The first-order valence-corrected chi connectivity index (χ1v) is 8.69. The Morgan fingerprint density at radius 2 is 1.85 bits per heavy atom. The number of halogens is 1. The van der Waals surface area contributed by atoms with Crippen LogP contribution in [-0.2, 0) is 0 Å². The van der Waals surface area contributed by atoms with Crippen LogP contribution in [0.4, 0.5) is 23.0 Å². The fraction of sp³-hybridized carbons (Fsp3) is 0.0556. The highest BCUT2D eigenvalue weighted by Crippen LogP contribution is 2.27. The lowest BCUT2D eigenvalue weighted by molar-refractivity contribution is 0.0962. The average molecular weight is 429 g/mol. The number of rotatable bonds is 6. The molecule has 0 saturated heterocycles. The Bertz CT molecular complexity index is 949. The number of anilines is 4. The number of hydrogen-bond donors (Lipinski definition) is 4. The van der Waals surface area contributed by atoms with E-state index in [0.717, 1.165) is 10.2 Å². The van der Waals surface area contributed by atoms with E-state index in [1.165, 1.54) is 6.33 Å². The van der Waals surface area contributed by atoms with Crippen LogP contribution in [-0.4, -0.2) is 23.0 Å². The Kier molecular flexibility index (Phi) is 5.72. The molecular formula is C18H17BrN6O2. The predicted octanol–water partition coefficient (Wildman–Crippen LogP) is 3.33.